The lowest BCUT2D eigenvalue weighted by molar-refractivity contribution is -0.194. The maximum Gasteiger partial charge on any atom is 0.259 e. The van der Waals surface area contributed by atoms with E-state index in [9.17, 15) is 10.0 Å². The molecule has 0 aromatic heterocycles. The van der Waals surface area contributed by atoms with Crippen LogP contribution in [0.15, 0.2) is 5.16 Å². The number of carbonyl (C=O) groups is 1. The number of nitrogens with zero attached hydrogens (tertiary/aromatic N) is 2. The quantitative estimate of drug-likeness (QED) is 0.574. The van der Waals surface area contributed by atoms with Crippen molar-refractivity contribution in [2.45, 2.75) is 56.9 Å². The summed E-state index contributed by atoms with van der Waals surface area (Å²) in [6.45, 7) is 0. The van der Waals surface area contributed by atoms with Crippen LogP contribution in [0.5, 0.6) is 0 Å². The Bertz CT molecular complexity index is 393. The van der Waals surface area contributed by atoms with Crippen molar-refractivity contribution in [3.05, 3.63) is 0 Å². The topological polar surface area (TPSA) is 62.1 Å². The van der Waals surface area contributed by atoms with E-state index in [4.69, 9.17) is 4.84 Å². The third kappa shape index (κ3) is 1.20. The second-order valence-corrected chi connectivity index (χ2v) is 5.76. The number of hydrogen-bond donors (Lipinski definition) is 1. The van der Waals surface area contributed by atoms with Gasteiger partial charge in [-0.2, -0.15) is 0 Å². The molecule has 1 N–H and O–H groups in total. The first-order valence-corrected chi connectivity index (χ1v) is 6.83. The van der Waals surface area contributed by atoms with Crippen molar-refractivity contribution in [1.82, 2.24) is 5.06 Å². The molecule has 1 saturated heterocycles. The summed E-state index contributed by atoms with van der Waals surface area (Å²) in [5.74, 6) is 0.0113. The van der Waals surface area contributed by atoms with Crippen LogP contribution in [-0.2, 0) is 9.63 Å². The van der Waals surface area contributed by atoms with Gasteiger partial charge in [0.1, 0.15) is 11.3 Å². The standard InChI is InChI=1S/C13H20N2O3/c1-18-15-11(16)12(6-2-3-7-12)10(14-17)13(15)8-4-5-9-13/h17H,2-9H2,1H3/b14-10-. The molecule has 0 radical (unpaired) electrons. The zero-order chi connectivity index (χ0) is 12.8. The number of hydroxylamine groups is 2. The number of amides is 1. The van der Waals surface area contributed by atoms with Crippen LogP contribution in [0.1, 0.15) is 51.4 Å². The minimum atomic E-state index is -0.574. The summed E-state index contributed by atoms with van der Waals surface area (Å²) >= 11 is 0. The van der Waals surface area contributed by atoms with Crippen molar-refractivity contribution in [2.24, 2.45) is 10.6 Å². The van der Waals surface area contributed by atoms with Crippen molar-refractivity contribution in [3.63, 3.8) is 0 Å². The minimum Gasteiger partial charge on any atom is -0.411 e. The van der Waals surface area contributed by atoms with E-state index < -0.39 is 11.0 Å². The van der Waals surface area contributed by atoms with Gasteiger partial charge in [0, 0.05) is 0 Å². The number of hydrogen-bond acceptors (Lipinski definition) is 4. The normalized spacial score (nSPS) is 31.3. The predicted molar refractivity (Wildman–Crippen MR) is 65.2 cm³/mol. The molecule has 0 bridgehead atoms. The van der Waals surface area contributed by atoms with Gasteiger partial charge in [-0.05, 0) is 25.7 Å². The van der Waals surface area contributed by atoms with Crippen molar-refractivity contribution in [3.8, 4) is 0 Å². The van der Waals surface area contributed by atoms with Crippen LogP contribution in [0.25, 0.3) is 0 Å². The van der Waals surface area contributed by atoms with Crippen LogP contribution in [0.2, 0.25) is 0 Å². The zero-order valence-corrected chi connectivity index (χ0v) is 10.8. The average Bonchev–Trinajstić information content (AvgIpc) is 3.05. The van der Waals surface area contributed by atoms with E-state index in [2.05, 4.69) is 5.16 Å². The summed E-state index contributed by atoms with van der Waals surface area (Å²) in [6.07, 6.45) is 7.47. The summed E-state index contributed by atoms with van der Waals surface area (Å²) in [7, 11) is 1.54. The first-order chi connectivity index (χ1) is 8.71. The van der Waals surface area contributed by atoms with Gasteiger partial charge in [-0.25, -0.2) is 5.06 Å². The molecule has 2 aliphatic carbocycles. The molecule has 1 heterocycles. The van der Waals surface area contributed by atoms with Crippen LogP contribution in [0.3, 0.4) is 0 Å². The highest BCUT2D eigenvalue weighted by Crippen LogP contribution is 2.55. The van der Waals surface area contributed by atoms with E-state index in [-0.39, 0.29) is 5.91 Å². The van der Waals surface area contributed by atoms with Gasteiger partial charge in [-0.3, -0.25) is 9.63 Å². The molecule has 0 aromatic carbocycles. The van der Waals surface area contributed by atoms with Gasteiger partial charge in [-0.15, -0.1) is 0 Å². The van der Waals surface area contributed by atoms with E-state index in [1.54, 1.807) is 7.11 Å². The lowest BCUT2D eigenvalue weighted by Crippen LogP contribution is -2.47. The van der Waals surface area contributed by atoms with E-state index in [1.165, 1.54) is 5.06 Å². The molecule has 1 amide bonds. The Labute approximate surface area is 107 Å². The smallest absolute Gasteiger partial charge is 0.259 e. The van der Waals surface area contributed by atoms with Crippen molar-refractivity contribution in [2.75, 3.05) is 7.11 Å². The number of carbonyl (C=O) groups excluding carboxylic acids is 1. The first-order valence-electron chi connectivity index (χ1n) is 6.83. The monoisotopic (exact) mass is 252 g/mol. The fourth-order valence-electron chi connectivity index (χ4n) is 4.31. The van der Waals surface area contributed by atoms with E-state index in [0.29, 0.717) is 5.71 Å². The second-order valence-electron chi connectivity index (χ2n) is 5.76. The van der Waals surface area contributed by atoms with Crippen molar-refractivity contribution in [1.29, 1.82) is 0 Å². The minimum absolute atomic E-state index is 0.0113. The van der Waals surface area contributed by atoms with Gasteiger partial charge in [0.2, 0.25) is 0 Å². The van der Waals surface area contributed by atoms with Crippen LogP contribution < -0.4 is 0 Å². The molecule has 3 aliphatic rings. The van der Waals surface area contributed by atoms with Crippen molar-refractivity contribution >= 4 is 11.6 Å². The summed E-state index contributed by atoms with van der Waals surface area (Å²) in [5, 5.41) is 14.6. The van der Waals surface area contributed by atoms with Gasteiger partial charge >= 0.3 is 0 Å². The van der Waals surface area contributed by atoms with Crippen LogP contribution in [0.4, 0.5) is 0 Å². The van der Waals surface area contributed by atoms with Crippen molar-refractivity contribution < 1.29 is 14.8 Å². The highest BCUT2D eigenvalue weighted by Gasteiger charge is 2.66. The fraction of sp³-hybridized carbons (Fsp3) is 0.846. The molecular weight excluding hydrogens is 232 g/mol. The van der Waals surface area contributed by atoms with E-state index in [0.717, 1.165) is 51.4 Å². The van der Waals surface area contributed by atoms with E-state index >= 15 is 0 Å². The van der Waals surface area contributed by atoms with Crippen LogP contribution >= 0.6 is 0 Å². The Morgan fingerprint density at radius 1 is 1.17 bits per heavy atom. The molecule has 5 nitrogen and oxygen atoms in total. The average molecular weight is 252 g/mol. The molecule has 1 aliphatic heterocycles. The van der Waals surface area contributed by atoms with Gasteiger partial charge in [0.15, 0.2) is 0 Å². The van der Waals surface area contributed by atoms with Gasteiger partial charge in [0.05, 0.1) is 12.5 Å². The summed E-state index contributed by atoms with van der Waals surface area (Å²) in [4.78, 5) is 18.1. The first kappa shape index (κ1) is 12.0. The lowest BCUT2D eigenvalue weighted by Gasteiger charge is -2.32. The molecule has 0 atom stereocenters. The highest BCUT2D eigenvalue weighted by atomic mass is 16.7. The zero-order valence-electron chi connectivity index (χ0n) is 10.8. The van der Waals surface area contributed by atoms with Gasteiger partial charge in [-0.1, -0.05) is 30.8 Å². The van der Waals surface area contributed by atoms with Gasteiger partial charge < -0.3 is 5.21 Å². The molecule has 3 fully saturated rings. The van der Waals surface area contributed by atoms with E-state index in [1.807, 2.05) is 0 Å². The molecule has 100 valence electrons. The Balaban J connectivity index is 2.12. The predicted octanol–water partition coefficient (Wildman–Crippen LogP) is 2.09. The Morgan fingerprint density at radius 3 is 2.22 bits per heavy atom. The Morgan fingerprint density at radius 2 is 1.72 bits per heavy atom. The largest absolute Gasteiger partial charge is 0.411 e. The molecule has 5 heteroatoms. The fourth-order valence-corrected chi connectivity index (χ4v) is 4.31. The summed E-state index contributed by atoms with van der Waals surface area (Å²) < 4.78 is 0. The van der Waals surface area contributed by atoms with Crippen LogP contribution in [-0.4, -0.2) is 34.5 Å². The molecule has 2 saturated carbocycles. The third-order valence-corrected chi connectivity index (χ3v) is 5.05. The Hall–Kier alpha value is -1.10. The SMILES string of the molecule is CON1C(=O)C2(CCCC2)/C(=N/O)C12CCCC2. The maximum absolute atomic E-state index is 12.7. The molecule has 0 unspecified atom stereocenters. The number of oxime groups is 1. The lowest BCUT2D eigenvalue weighted by atomic mass is 9.76. The summed E-state index contributed by atoms with van der Waals surface area (Å²) in [5.41, 5.74) is -0.364. The molecule has 2 spiro atoms. The maximum atomic E-state index is 12.7. The third-order valence-electron chi connectivity index (χ3n) is 5.05. The second kappa shape index (κ2) is 3.95. The molecule has 0 aromatic rings. The molecule has 18 heavy (non-hydrogen) atoms. The molecule has 3 rings (SSSR count). The van der Waals surface area contributed by atoms with Crippen LogP contribution in [0, 0.1) is 5.41 Å². The molecular formula is C13H20N2O3. The van der Waals surface area contributed by atoms with Gasteiger partial charge in [0.25, 0.3) is 5.91 Å². The Kier molecular flexibility index (Phi) is 2.62. The number of rotatable bonds is 1. The summed E-state index contributed by atoms with van der Waals surface area (Å²) in [6, 6.07) is 0. The highest BCUT2D eigenvalue weighted by molar-refractivity contribution is 6.19.